The van der Waals surface area contributed by atoms with Gasteiger partial charge in [-0.05, 0) is 88.2 Å². The van der Waals surface area contributed by atoms with Gasteiger partial charge in [0.1, 0.15) is 90.6 Å². The van der Waals surface area contributed by atoms with Gasteiger partial charge in [-0.25, -0.2) is 4.79 Å². The highest BCUT2D eigenvalue weighted by molar-refractivity contribution is 6.02. The van der Waals surface area contributed by atoms with Crippen molar-refractivity contribution in [1.29, 1.82) is 5.41 Å². The number of nitrogens with zero attached hydrogens (tertiary/aromatic N) is 1. The number of hydrogen-bond donors (Lipinski definition) is 29. The van der Waals surface area contributed by atoms with Crippen LogP contribution in [0.1, 0.15) is 125 Å². The lowest BCUT2D eigenvalue weighted by Crippen LogP contribution is -2.62. The number of aliphatic hydroxyl groups excluding tert-OH is 5. The molecule has 1 aromatic rings. The van der Waals surface area contributed by atoms with Crippen molar-refractivity contribution in [2.75, 3.05) is 59.2 Å². The number of likely N-dealkylation sites (tertiary alicyclic amines) is 1. The maximum Gasteiger partial charge on any atom is 0.328 e. The molecule has 16 atom stereocenters. The molecule has 50 heteroatoms. The molecule has 50 nitrogen and oxygen atoms in total. The molecular formula is C74H120N22O28. The first-order valence-electron chi connectivity index (χ1n) is 39.7. The van der Waals surface area contributed by atoms with Crippen LogP contribution in [0.4, 0.5) is 0 Å². The second kappa shape index (κ2) is 54.9. The number of primary amides is 1. The van der Waals surface area contributed by atoms with Crippen molar-refractivity contribution in [3.05, 3.63) is 35.9 Å². The highest BCUT2D eigenvalue weighted by Crippen LogP contribution is 2.21. The number of benzene rings is 1. The summed E-state index contributed by atoms with van der Waals surface area (Å²) < 4.78 is 0. The van der Waals surface area contributed by atoms with E-state index in [1.54, 1.807) is 71.9 Å². The first-order valence-corrected chi connectivity index (χ1v) is 39.7. The number of carboxylic acid groups (broad SMARTS) is 3. The predicted molar refractivity (Wildman–Crippen MR) is 431 cm³/mol. The van der Waals surface area contributed by atoms with Gasteiger partial charge < -0.3 is 154 Å². The average Bonchev–Trinajstić information content (AvgIpc) is 1.68. The fourth-order valence-corrected chi connectivity index (χ4v) is 12.0. The van der Waals surface area contributed by atoms with Gasteiger partial charge in [0.2, 0.25) is 100 Å². The Bertz CT molecular complexity index is 3880. The molecule has 17 amide bonds. The number of aliphatic hydroxyl groups is 5. The van der Waals surface area contributed by atoms with Gasteiger partial charge in [-0.1, -0.05) is 71.9 Å². The lowest BCUT2D eigenvalue weighted by atomic mass is 9.98. The number of aliphatic carboxylic acids is 3. The normalized spacial score (nSPS) is 16.0. The molecule has 0 bridgehead atoms. The van der Waals surface area contributed by atoms with Crippen molar-refractivity contribution in [1.82, 2.24) is 90.0 Å². The molecule has 1 aliphatic heterocycles. The van der Waals surface area contributed by atoms with Gasteiger partial charge >= 0.3 is 17.9 Å². The molecule has 1 heterocycles. The van der Waals surface area contributed by atoms with Crippen LogP contribution in [0.2, 0.25) is 0 Å². The number of carbonyl (C=O) groups is 20. The van der Waals surface area contributed by atoms with E-state index in [2.05, 4.69) is 74.4 Å². The van der Waals surface area contributed by atoms with E-state index in [1.807, 2.05) is 10.6 Å². The number of guanidine groups is 1. The summed E-state index contributed by atoms with van der Waals surface area (Å²) in [6.45, 7) is 4.13. The van der Waals surface area contributed by atoms with E-state index in [4.69, 9.17) is 28.3 Å². The molecule has 0 unspecified atom stereocenters. The molecule has 0 aromatic heterocycles. The minimum Gasteiger partial charge on any atom is -0.481 e. The van der Waals surface area contributed by atoms with Gasteiger partial charge in [-0.3, -0.25) is 96.5 Å². The average molecular weight is 1770 g/mol. The van der Waals surface area contributed by atoms with Crippen LogP contribution in [0.15, 0.2) is 30.3 Å². The molecule has 0 spiro atoms. The fourth-order valence-electron chi connectivity index (χ4n) is 12.0. The molecule has 0 saturated carbocycles. The van der Waals surface area contributed by atoms with E-state index in [0.29, 0.717) is 5.56 Å². The summed E-state index contributed by atoms with van der Waals surface area (Å²) in [5.41, 5.74) is 22.9. The SMILES string of the molecule is CC(C)C[C@H](NC(=O)[C@@H](N)C(C)C)C(=O)N[C@H](C(=O)N[C@@H](CO)C(=O)N[C@@H](CO)C(=O)N[C@@H](C)C(=O)N[C@@H](CO)C(=O)N[C@@H](CC(N)=O)C(=O)N[C@@H](CCCNC(=N)N)C(=O)NCC(=O)N[C@@H](CCCCN)C(=O)N[C@@H](CO)C(=O)N[C@@H](CC(=O)O)C(=O)N[C@@H](CC(=O)O)C(=O)N[C@@H](Cc1ccccc1)C(=O)N1CCC[C@H]1C(=O)N[C@@H](CO)C(=O)O)C(C)C. The van der Waals surface area contributed by atoms with Crippen LogP contribution < -0.4 is 108 Å². The van der Waals surface area contributed by atoms with Crippen molar-refractivity contribution < 1.29 is 137 Å². The van der Waals surface area contributed by atoms with Crippen molar-refractivity contribution >= 4 is 124 Å². The van der Waals surface area contributed by atoms with Crippen molar-refractivity contribution in [2.45, 2.75) is 222 Å². The van der Waals surface area contributed by atoms with Gasteiger partial charge in [0.25, 0.3) is 0 Å². The van der Waals surface area contributed by atoms with E-state index >= 15 is 0 Å². The predicted octanol–water partition coefficient (Wildman–Crippen LogP) is -12.9. The number of rotatable bonds is 57. The molecule has 1 aromatic carbocycles. The van der Waals surface area contributed by atoms with E-state index in [-0.39, 0.29) is 89.3 Å². The molecule has 1 fully saturated rings. The largest absolute Gasteiger partial charge is 0.481 e. The number of carbonyl (C=O) groups excluding carboxylic acids is 17. The number of nitrogens with one attached hydrogen (secondary N) is 17. The Morgan fingerprint density at radius 2 is 0.863 bits per heavy atom. The summed E-state index contributed by atoms with van der Waals surface area (Å²) in [7, 11) is 0. The fraction of sp³-hybridized carbons (Fsp3) is 0.635. The second-order valence-electron chi connectivity index (χ2n) is 30.1. The Morgan fingerprint density at radius 3 is 1.31 bits per heavy atom. The third-order valence-corrected chi connectivity index (χ3v) is 18.9. The van der Waals surface area contributed by atoms with Crippen LogP contribution >= 0.6 is 0 Å². The van der Waals surface area contributed by atoms with Crippen LogP contribution in [0, 0.1) is 23.2 Å². The summed E-state index contributed by atoms with van der Waals surface area (Å²) in [5, 5.41) is 123. The number of hydrogen-bond acceptors (Lipinski definition) is 28. The molecule has 0 aliphatic carbocycles. The Hall–Kier alpha value is -12.4. The third-order valence-electron chi connectivity index (χ3n) is 18.9. The Kier molecular flexibility index (Phi) is 47.7. The summed E-state index contributed by atoms with van der Waals surface area (Å²) in [4.78, 5) is 269. The van der Waals surface area contributed by atoms with Crippen molar-refractivity contribution in [2.24, 2.45) is 40.7 Å². The first-order chi connectivity index (χ1) is 58.3. The monoisotopic (exact) mass is 1760 g/mol. The quantitative estimate of drug-likeness (QED) is 0.0164. The Labute approximate surface area is 711 Å². The van der Waals surface area contributed by atoms with E-state index in [1.165, 1.54) is 0 Å². The van der Waals surface area contributed by atoms with Crippen LogP contribution in [-0.2, 0) is 102 Å². The Balaban J connectivity index is 2.31. The van der Waals surface area contributed by atoms with Gasteiger partial charge in [-0.2, -0.15) is 0 Å². The van der Waals surface area contributed by atoms with Gasteiger partial charge in [0, 0.05) is 19.5 Å². The third kappa shape index (κ3) is 37.9. The number of nitrogens with two attached hydrogens (primary N) is 4. The molecule has 2 rings (SSSR count). The maximum absolute atomic E-state index is 14.3. The minimum atomic E-state index is -2.24. The van der Waals surface area contributed by atoms with Gasteiger partial charge in [0.15, 0.2) is 5.96 Å². The number of amides is 17. The van der Waals surface area contributed by atoms with E-state index < -0.39 is 286 Å². The topological polar surface area (TPSA) is 827 Å². The highest BCUT2D eigenvalue weighted by Gasteiger charge is 2.43. The van der Waals surface area contributed by atoms with Gasteiger partial charge in [0.05, 0.1) is 64.9 Å². The van der Waals surface area contributed by atoms with Crippen LogP contribution in [0.5, 0.6) is 0 Å². The molecule has 33 N–H and O–H groups in total. The molecule has 124 heavy (non-hydrogen) atoms. The molecular weight excluding hydrogens is 1640 g/mol. The lowest BCUT2D eigenvalue weighted by molar-refractivity contribution is -0.146. The second-order valence-corrected chi connectivity index (χ2v) is 30.1. The molecule has 694 valence electrons. The van der Waals surface area contributed by atoms with Gasteiger partial charge in [-0.15, -0.1) is 0 Å². The Morgan fingerprint density at radius 1 is 0.444 bits per heavy atom. The van der Waals surface area contributed by atoms with E-state index in [0.717, 1.165) is 11.8 Å². The number of unbranched alkanes of at least 4 members (excludes halogenated alkanes) is 1. The first kappa shape index (κ1) is 108. The smallest absolute Gasteiger partial charge is 0.328 e. The lowest BCUT2D eigenvalue weighted by Gasteiger charge is -2.30. The zero-order valence-electron chi connectivity index (χ0n) is 69.7. The maximum atomic E-state index is 14.3. The van der Waals surface area contributed by atoms with Crippen molar-refractivity contribution in [3.63, 3.8) is 0 Å². The summed E-state index contributed by atoms with van der Waals surface area (Å²) in [6.07, 6.45) is -3.96. The summed E-state index contributed by atoms with van der Waals surface area (Å²) in [6, 6.07) is -19.6. The zero-order valence-corrected chi connectivity index (χ0v) is 69.7. The summed E-state index contributed by atoms with van der Waals surface area (Å²) in [5.74, 6) is -26.6. The van der Waals surface area contributed by atoms with Crippen LogP contribution in [0.25, 0.3) is 0 Å². The standard InChI is InChI=1S/C74H120N22O28/c1-34(2)23-41(88-70(120)56(77)35(3)4)64(114)95-57(36(5)6)71(121)93-49(32-100)68(118)92-46(29-97)65(115)82-37(7)58(108)90-47(30-98)66(116)85-42(25-52(76)102)61(111)84-39(18-13-21-80-74(78)79)59(109)81-28-53(103)83-40(17-11-12-20-75)60(110)91-48(31-99)67(117)87-43(26-54(104)105)62(112)86-44(27-55(106)107)63(113)89-45(24-38-15-9-8-10-16-38)72(122)96-22-14-19-51(96)69(119)94-50(33-101)73(123)124/h8-10,15-16,34-37,39-51,56-57,97-101H,11-14,17-33,75,77H2,1-7H3,(H2,76,102)(H,81,109)(H,82,115)(H,83,103)(H,84,111)(H,85,116)(H,86,112)(H,87,117)(H,88,120)(H,89,113)(H,90,108)(H,91,110)(H,92,118)(H,93,121)(H,94,119)(H,95,114)(H,104,105)(H,106,107)(H,123,124)(H4,78,79,80)/t37-,39-,40-,41-,42-,43-,44-,45-,46-,47-,48-,49-,50-,51-,56-,57-/m0/s1. The molecule has 0 radical (unpaired) electrons. The number of carboxylic acids is 3. The van der Waals surface area contributed by atoms with E-state index in [9.17, 15) is 137 Å². The van der Waals surface area contributed by atoms with Crippen LogP contribution in [0.3, 0.4) is 0 Å². The highest BCUT2D eigenvalue weighted by atomic mass is 16.4. The molecule has 1 aliphatic rings. The zero-order chi connectivity index (χ0) is 93.9. The van der Waals surface area contributed by atoms with Crippen molar-refractivity contribution in [3.8, 4) is 0 Å². The van der Waals surface area contributed by atoms with Crippen LogP contribution in [-0.4, -0.2) is 326 Å². The molecule has 1 saturated heterocycles. The summed E-state index contributed by atoms with van der Waals surface area (Å²) >= 11 is 0. The minimum absolute atomic E-state index is 0.0104.